The van der Waals surface area contributed by atoms with Crippen LogP contribution in [0.2, 0.25) is 0 Å². The summed E-state index contributed by atoms with van der Waals surface area (Å²) in [6.45, 7) is 2.22. The van der Waals surface area contributed by atoms with E-state index in [4.69, 9.17) is 4.42 Å². The lowest BCUT2D eigenvalue weighted by molar-refractivity contribution is 0.163. The Morgan fingerprint density at radius 1 is 0.933 bits per heavy atom. The van der Waals surface area contributed by atoms with Crippen LogP contribution in [0, 0.1) is 0 Å². The van der Waals surface area contributed by atoms with Gasteiger partial charge in [-0.1, -0.05) is 87.3 Å². The minimum Gasteiger partial charge on any atom is -0.408 e. The summed E-state index contributed by atoms with van der Waals surface area (Å²) in [4.78, 5) is 0. The summed E-state index contributed by atoms with van der Waals surface area (Å²) < 4.78 is 5.65. The van der Waals surface area contributed by atoms with Crippen molar-refractivity contribution in [3.05, 3.63) is 48.4 Å². The predicted octanol–water partition coefficient (Wildman–Crippen LogP) is 6.97. The average Bonchev–Trinajstić information content (AvgIpc) is 3.20. The summed E-state index contributed by atoms with van der Waals surface area (Å²) in [6.07, 6.45) is 18.8. The molecule has 0 fully saturated rings. The Bertz CT molecular complexity index is 685. The number of benzene rings is 1. The monoisotopic (exact) mass is 413 g/mol. The Morgan fingerprint density at radius 2 is 1.70 bits per heavy atom. The van der Waals surface area contributed by atoms with E-state index in [1.807, 2.05) is 30.3 Å². The minimum absolute atomic E-state index is 0.161. The van der Waals surface area contributed by atoms with Crippen LogP contribution in [0.25, 0.3) is 0 Å². The molecule has 0 aliphatic carbocycles. The molecule has 1 aromatic heterocycles. The minimum atomic E-state index is -0.161. The van der Waals surface area contributed by atoms with Crippen LogP contribution in [0.15, 0.2) is 46.9 Å². The maximum absolute atomic E-state index is 9.95. The van der Waals surface area contributed by atoms with Crippen molar-refractivity contribution in [1.82, 2.24) is 10.2 Å². The van der Waals surface area contributed by atoms with Crippen LogP contribution in [0.5, 0.6) is 0 Å². The molecule has 0 aliphatic rings. The second-order valence-electron chi connectivity index (χ2n) is 8.01. The van der Waals surface area contributed by atoms with Crippen LogP contribution in [0.3, 0.4) is 0 Å². The maximum atomic E-state index is 9.95. The van der Waals surface area contributed by atoms with Crippen molar-refractivity contribution < 1.29 is 9.52 Å². The second kappa shape index (κ2) is 15.7. The molecule has 5 heteroatoms. The fourth-order valence-electron chi connectivity index (χ4n) is 3.41. The zero-order valence-corrected chi connectivity index (χ0v) is 18.6. The molecule has 0 spiro atoms. The van der Waals surface area contributed by atoms with Gasteiger partial charge in [0.2, 0.25) is 5.89 Å². The lowest BCUT2D eigenvalue weighted by atomic mass is 10.1. The van der Waals surface area contributed by atoms with Crippen molar-refractivity contribution in [2.24, 2.45) is 0 Å². The number of allylic oxidation sites excluding steroid dienone is 1. The van der Waals surface area contributed by atoms with Crippen LogP contribution < -0.4 is 5.32 Å². The third kappa shape index (κ3) is 11.1. The molecule has 1 aromatic carbocycles. The van der Waals surface area contributed by atoms with Crippen LogP contribution in [0.1, 0.15) is 89.9 Å². The van der Waals surface area contributed by atoms with E-state index < -0.39 is 0 Å². The molecule has 1 atom stereocenters. The Labute approximate surface area is 182 Å². The largest absolute Gasteiger partial charge is 0.408 e. The molecular weight excluding hydrogens is 374 g/mol. The van der Waals surface area contributed by atoms with Gasteiger partial charge < -0.3 is 14.8 Å². The average molecular weight is 414 g/mol. The number of para-hydroxylation sites is 1. The van der Waals surface area contributed by atoms with Gasteiger partial charge in [0.05, 0.1) is 6.10 Å². The molecule has 5 nitrogen and oxygen atoms in total. The van der Waals surface area contributed by atoms with E-state index in [0.717, 1.165) is 44.2 Å². The van der Waals surface area contributed by atoms with E-state index in [9.17, 15) is 5.11 Å². The predicted molar refractivity (Wildman–Crippen MR) is 124 cm³/mol. The molecule has 0 bridgehead atoms. The number of aliphatic hydroxyl groups is 1. The highest BCUT2D eigenvalue weighted by atomic mass is 16.4. The second-order valence-corrected chi connectivity index (χ2v) is 8.01. The van der Waals surface area contributed by atoms with Gasteiger partial charge in [0.1, 0.15) is 0 Å². The topological polar surface area (TPSA) is 71.2 Å². The zero-order valence-electron chi connectivity index (χ0n) is 18.6. The first kappa shape index (κ1) is 24.1. The fraction of sp³-hybridized carbons (Fsp3) is 0.600. The van der Waals surface area contributed by atoms with Gasteiger partial charge in [-0.3, -0.25) is 0 Å². The Balaban J connectivity index is 1.43. The quantitative estimate of drug-likeness (QED) is 0.216. The highest BCUT2D eigenvalue weighted by Crippen LogP contribution is 2.16. The molecule has 0 amide bonds. The van der Waals surface area contributed by atoms with Crippen LogP contribution in [-0.2, 0) is 6.42 Å². The number of nitrogens with one attached hydrogen (secondary N) is 1. The van der Waals surface area contributed by atoms with Crippen molar-refractivity contribution in [2.75, 3.05) is 5.32 Å². The van der Waals surface area contributed by atoms with Gasteiger partial charge >= 0.3 is 6.01 Å². The Kier molecular flexibility index (Phi) is 12.6. The van der Waals surface area contributed by atoms with E-state index in [0.29, 0.717) is 11.9 Å². The molecule has 0 unspecified atom stereocenters. The van der Waals surface area contributed by atoms with Gasteiger partial charge in [-0.2, -0.15) is 0 Å². The van der Waals surface area contributed by atoms with Crippen LogP contribution in [-0.4, -0.2) is 21.4 Å². The molecule has 2 rings (SSSR count). The summed E-state index contributed by atoms with van der Waals surface area (Å²) in [5, 5.41) is 21.2. The van der Waals surface area contributed by atoms with Gasteiger partial charge in [0.15, 0.2) is 0 Å². The number of hydrogen-bond donors (Lipinski definition) is 2. The number of aryl methyl sites for hydroxylation is 1. The Morgan fingerprint density at radius 3 is 2.53 bits per heavy atom. The fourth-order valence-corrected chi connectivity index (χ4v) is 3.41. The van der Waals surface area contributed by atoms with Crippen molar-refractivity contribution in [1.29, 1.82) is 0 Å². The highest BCUT2D eigenvalue weighted by molar-refractivity contribution is 5.50. The molecule has 1 heterocycles. The first-order chi connectivity index (χ1) is 14.8. The molecule has 0 radical (unpaired) electrons. The van der Waals surface area contributed by atoms with Gasteiger partial charge in [-0.25, -0.2) is 0 Å². The lowest BCUT2D eigenvalue weighted by Crippen LogP contribution is -2.04. The number of aliphatic hydroxyl groups excluding tert-OH is 1. The first-order valence-electron chi connectivity index (χ1n) is 11.8. The zero-order chi connectivity index (χ0) is 21.3. The number of nitrogens with zero attached hydrogens (tertiary/aromatic N) is 2. The van der Waals surface area contributed by atoms with E-state index in [2.05, 4.69) is 34.6 Å². The number of unbranched alkanes of at least 4 members (excludes halogenated alkanes) is 8. The van der Waals surface area contributed by atoms with E-state index >= 15 is 0 Å². The summed E-state index contributed by atoms with van der Waals surface area (Å²) in [7, 11) is 0. The third-order valence-corrected chi connectivity index (χ3v) is 5.22. The van der Waals surface area contributed by atoms with Crippen molar-refractivity contribution >= 4 is 11.7 Å². The molecule has 30 heavy (non-hydrogen) atoms. The molecule has 0 saturated heterocycles. The molecular formula is C25H39N3O2. The van der Waals surface area contributed by atoms with Crippen LogP contribution in [0.4, 0.5) is 11.7 Å². The van der Waals surface area contributed by atoms with E-state index in [1.165, 1.54) is 44.9 Å². The SMILES string of the molecule is CCCCCC[C@@H](O)C/C=C\CCCCCCCc1nnc(Nc2ccccc2)o1. The summed E-state index contributed by atoms with van der Waals surface area (Å²) >= 11 is 0. The number of aromatic nitrogens is 2. The highest BCUT2D eigenvalue weighted by Gasteiger charge is 2.06. The summed E-state index contributed by atoms with van der Waals surface area (Å²) in [5.41, 5.74) is 0.947. The van der Waals surface area contributed by atoms with Gasteiger partial charge in [0, 0.05) is 12.1 Å². The summed E-state index contributed by atoms with van der Waals surface area (Å²) in [6, 6.07) is 10.3. The lowest BCUT2D eigenvalue weighted by Gasteiger charge is -2.07. The smallest absolute Gasteiger partial charge is 0.320 e. The normalized spacial score (nSPS) is 12.5. The molecule has 2 N–H and O–H groups in total. The van der Waals surface area contributed by atoms with Gasteiger partial charge in [-0.15, -0.1) is 5.10 Å². The number of hydrogen-bond acceptors (Lipinski definition) is 5. The summed E-state index contributed by atoms with van der Waals surface area (Å²) in [5.74, 6) is 0.699. The van der Waals surface area contributed by atoms with E-state index in [-0.39, 0.29) is 6.10 Å². The Hall–Kier alpha value is -2.14. The third-order valence-electron chi connectivity index (χ3n) is 5.22. The van der Waals surface area contributed by atoms with Gasteiger partial charge in [-0.05, 0) is 44.2 Å². The van der Waals surface area contributed by atoms with E-state index in [1.54, 1.807) is 0 Å². The first-order valence-corrected chi connectivity index (χ1v) is 11.8. The molecule has 166 valence electrons. The standard InChI is InChI=1S/C25H39N3O2/c1-2-3-4-14-19-23(29)20-15-9-7-5-6-8-10-16-21-24-27-28-25(30-24)26-22-17-12-11-13-18-22/h9,11-13,15,17-18,23,29H,2-8,10,14,16,19-21H2,1H3,(H,26,28)/b15-9-/t23-/m1/s1. The van der Waals surface area contributed by atoms with Crippen molar-refractivity contribution in [3.8, 4) is 0 Å². The van der Waals surface area contributed by atoms with Crippen molar-refractivity contribution in [2.45, 2.75) is 96.5 Å². The van der Waals surface area contributed by atoms with Crippen LogP contribution >= 0.6 is 0 Å². The molecule has 0 saturated carbocycles. The number of anilines is 2. The van der Waals surface area contributed by atoms with Crippen molar-refractivity contribution in [3.63, 3.8) is 0 Å². The molecule has 0 aliphatic heterocycles. The molecule has 2 aromatic rings. The maximum Gasteiger partial charge on any atom is 0.320 e. The number of rotatable bonds is 17. The van der Waals surface area contributed by atoms with Gasteiger partial charge in [0.25, 0.3) is 0 Å².